The molecule has 7 nitrogen and oxygen atoms in total. The Morgan fingerprint density at radius 1 is 1.24 bits per heavy atom. The molecular formula is C15H16F3N5O2. The molecule has 2 aliphatic rings. The van der Waals surface area contributed by atoms with Crippen molar-refractivity contribution in [3.8, 4) is 0 Å². The first-order chi connectivity index (χ1) is 11.9. The molecule has 1 aliphatic carbocycles. The second-order valence-corrected chi connectivity index (χ2v) is 6.55. The van der Waals surface area contributed by atoms with Crippen molar-refractivity contribution in [3.63, 3.8) is 0 Å². The van der Waals surface area contributed by atoms with Gasteiger partial charge in [0, 0.05) is 25.1 Å². The minimum absolute atomic E-state index is 0.0569. The number of halogens is 3. The zero-order chi connectivity index (χ0) is 17.6. The highest BCUT2D eigenvalue weighted by atomic mass is 19.4. The molecule has 1 fully saturated rings. The Morgan fingerprint density at radius 2 is 2.04 bits per heavy atom. The fourth-order valence-corrected chi connectivity index (χ4v) is 3.36. The lowest BCUT2D eigenvalue weighted by Crippen LogP contribution is -2.49. The Morgan fingerprint density at radius 3 is 2.76 bits per heavy atom. The van der Waals surface area contributed by atoms with Crippen LogP contribution in [0.25, 0.3) is 0 Å². The highest BCUT2D eigenvalue weighted by molar-refractivity contribution is 5.22. The van der Waals surface area contributed by atoms with E-state index < -0.39 is 12.1 Å². The number of aromatic nitrogens is 4. The van der Waals surface area contributed by atoms with Crippen LogP contribution in [0.4, 0.5) is 13.2 Å². The summed E-state index contributed by atoms with van der Waals surface area (Å²) in [6.07, 6.45) is -1.76. The second kappa shape index (κ2) is 5.94. The first-order valence-corrected chi connectivity index (χ1v) is 8.10. The number of hydrogen-bond acceptors (Lipinski definition) is 6. The molecule has 2 aromatic heterocycles. The van der Waals surface area contributed by atoms with Gasteiger partial charge < -0.3 is 4.42 Å². The van der Waals surface area contributed by atoms with Crippen LogP contribution in [-0.2, 0) is 32.1 Å². The summed E-state index contributed by atoms with van der Waals surface area (Å²) in [5, 5.41) is 10.9. The fraction of sp³-hybridized carbons (Fsp3) is 0.600. The van der Waals surface area contributed by atoms with Crippen molar-refractivity contribution in [3.05, 3.63) is 39.5 Å². The standard InChI is InChI=1S/C15H16F3N5O2/c16-15(17,18)14-20-19-12(25-14)8-22-5-9(6-22)7-23-13(24)4-10-2-1-3-11(10)21-23/h4,9H,1-3,5-8H2. The van der Waals surface area contributed by atoms with E-state index in [2.05, 4.69) is 19.7 Å². The summed E-state index contributed by atoms with van der Waals surface area (Å²) in [6.45, 7) is 1.98. The zero-order valence-electron chi connectivity index (χ0n) is 13.3. The van der Waals surface area contributed by atoms with Gasteiger partial charge in [-0.05, 0) is 24.8 Å². The van der Waals surface area contributed by atoms with Crippen LogP contribution in [0.5, 0.6) is 0 Å². The van der Waals surface area contributed by atoms with E-state index in [0.717, 1.165) is 30.5 Å². The summed E-state index contributed by atoms with van der Waals surface area (Å²) in [5.74, 6) is -1.15. The molecule has 3 heterocycles. The van der Waals surface area contributed by atoms with Crippen molar-refractivity contribution in [2.75, 3.05) is 13.1 Å². The van der Waals surface area contributed by atoms with Crippen LogP contribution in [0.3, 0.4) is 0 Å². The first kappa shape index (κ1) is 16.2. The fourth-order valence-electron chi connectivity index (χ4n) is 3.36. The van der Waals surface area contributed by atoms with Crippen molar-refractivity contribution in [1.29, 1.82) is 0 Å². The van der Waals surface area contributed by atoms with E-state index in [-0.39, 0.29) is 23.9 Å². The van der Waals surface area contributed by atoms with Gasteiger partial charge in [0.1, 0.15) is 0 Å². The van der Waals surface area contributed by atoms with Gasteiger partial charge in [0.05, 0.1) is 18.8 Å². The largest absolute Gasteiger partial charge is 0.470 e. The van der Waals surface area contributed by atoms with E-state index >= 15 is 0 Å². The normalized spacial score (nSPS) is 18.4. The number of hydrogen-bond donors (Lipinski definition) is 0. The predicted octanol–water partition coefficient (Wildman–Crippen LogP) is 1.27. The highest BCUT2D eigenvalue weighted by Gasteiger charge is 2.38. The van der Waals surface area contributed by atoms with Gasteiger partial charge in [0.15, 0.2) is 0 Å². The predicted molar refractivity (Wildman–Crippen MR) is 78.6 cm³/mol. The number of nitrogens with zero attached hydrogens (tertiary/aromatic N) is 5. The van der Waals surface area contributed by atoms with Crippen LogP contribution in [0, 0.1) is 5.92 Å². The number of rotatable bonds is 4. The van der Waals surface area contributed by atoms with Crippen LogP contribution < -0.4 is 5.56 Å². The van der Waals surface area contributed by atoms with Crippen molar-refractivity contribution >= 4 is 0 Å². The maximum absolute atomic E-state index is 12.4. The van der Waals surface area contributed by atoms with Crippen molar-refractivity contribution in [2.45, 2.75) is 38.5 Å². The Hall–Kier alpha value is -2.23. The Bertz CT molecular complexity index is 838. The Balaban J connectivity index is 1.32. The maximum Gasteiger partial charge on any atom is 0.470 e. The van der Waals surface area contributed by atoms with E-state index in [0.29, 0.717) is 19.6 Å². The molecule has 2 aromatic rings. The second-order valence-electron chi connectivity index (χ2n) is 6.55. The molecule has 0 spiro atoms. The molecule has 1 saturated heterocycles. The molecule has 4 rings (SSSR count). The summed E-state index contributed by atoms with van der Waals surface area (Å²) >= 11 is 0. The number of aryl methyl sites for hydroxylation is 2. The summed E-state index contributed by atoms with van der Waals surface area (Å²) in [7, 11) is 0. The monoisotopic (exact) mass is 355 g/mol. The first-order valence-electron chi connectivity index (χ1n) is 8.10. The molecule has 0 aromatic carbocycles. The summed E-state index contributed by atoms with van der Waals surface area (Å²) in [6, 6.07) is 1.67. The van der Waals surface area contributed by atoms with Gasteiger partial charge in [0.2, 0.25) is 5.89 Å². The van der Waals surface area contributed by atoms with Gasteiger partial charge in [0.25, 0.3) is 5.56 Å². The molecule has 0 amide bonds. The smallest absolute Gasteiger partial charge is 0.416 e. The van der Waals surface area contributed by atoms with E-state index in [1.165, 1.54) is 4.68 Å². The zero-order valence-corrected chi connectivity index (χ0v) is 13.3. The molecule has 134 valence electrons. The van der Waals surface area contributed by atoms with E-state index in [4.69, 9.17) is 0 Å². The van der Waals surface area contributed by atoms with Gasteiger partial charge in [-0.2, -0.15) is 18.3 Å². The molecule has 25 heavy (non-hydrogen) atoms. The third-order valence-electron chi connectivity index (χ3n) is 4.56. The number of likely N-dealkylation sites (tertiary alicyclic amines) is 1. The van der Waals surface area contributed by atoms with Gasteiger partial charge in [-0.25, -0.2) is 4.68 Å². The molecule has 0 bridgehead atoms. The lowest BCUT2D eigenvalue weighted by Gasteiger charge is -2.38. The van der Waals surface area contributed by atoms with Crippen LogP contribution in [0.1, 0.15) is 29.5 Å². The van der Waals surface area contributed by atoms with Gasteiger partial charge >= 0.3 is 12.1 Å². The average Bonchev–Trinajstić information content (AvgIpc) is 3.13. The van der Waals surface area contributed by atoms with Gasteiger partial charge in [-0.3, -0.25) is 9.69 Å². The maximum atomic E-state index is 12.4. The highest BCUT2D eigenvalue weighted by Crippen LogP contribution is 2.28. The Kier molecular flexibility index (Phi) is 3.86. The summed E-state index contributed by atoms with van der Waals surface area (Å²) in [4.78, 5) is 14.0. The molecule has 0 saturated carbocycles. The number of fused-ring (bicyclic) bond motifs is 1. The van der Waals surface area contributed by atoms with Gasteiger partial charge in [-0.15, -0.1) is 10.2 Å². The molecular weight excluding hydrogens is 339 g/mol. The van der Waals surface area contributed by atoms with Crippen LogP contribution in [0.15, 0.2) is 15.3 Å². The van der Waals surface area contributed by atoms with E-state index in [1.807, 2.05) is 4.90 Å². The Labute approximate surface area is 140 Å². The van der Waals surface area contributed by atoms with E-state index in [1.54, 1.807) is 6.07 Å². The van der Waals surface area contributed by atoms with Crippen LogP contribution >= 0.6 is 0 Å². The van der Waals surface area contributed by atoms with Crippen molar-refractivity contribution in [1.82, 2.24) is 24.9 Å². The summed E-state index contributed by atoms with van der Waals surface area (Å²) in [5.41, 5.74) is 1.96. The minimum atomic E-state index is -4.62. The SMILES string of the molecule is O=c1cc2c(nn1CC1CN(Cc3nnc(C(F)(F)F)o3)C1)CCC2. The molecule has 0 radical (unpaired) electrons. The molecule has 0 unspecified atom stereocenters. The topological polar surface area (TPSA) is 77.1 Å². The third-order valence-corrected chi connectivity index (χ3v) is 4.56. The average molecular weight is 355 g/mol. The van der Waals surface area contributed by atoms with Crippen LogP contribution in [-0.4, -0.2) is 38.0 Å². The van der Waals surface area contributed by atoms with E-state index in [9.17, 15) is 18.0 Å². The van der Waals surface area contributed by atoms with Crippen molar-refractivity contribution in [2.24, 2.45) is 5.92 Å². The van der Waals surface area contributed by atoms with Crippen molar-refractivity contribution < 1.29 is 17.6 Å². The summed E-state index contributed by atoms with van der Waals surface area (Å²) < 4.78 is 43.4. The number of alkyl halides is 3. The quantitative estimate of drug-likeness (QED) is 0.822. The third kappa shape index (κ3) is 3.30. The molecule has 0 atom stereocenters. The van der Waals surface area contributed by atoms with Crippen LogP contribution in [0.2, 0.25) is 0 Å². The van der Waals surface area contributed by atoms with Gasteiger partial charge in [-0.1, -0.05) is 0 Å². The molecule has 10 heteroatoms. The molecule has 1 aliphatic heterocycles. The minimum Gasteiger partial charge on any atom is -0.416 e. The lowest BCUT2D eigenvalue weighted by atomic mass is 10.0. The lowest BCUT2D eigenvalue weighted by molar-refractivity contribution is -0.157. The molecule has 0 N–H and O–H groups in total.